The zero-order valence-electron chi connectivity index (χ0n) is 17.3. The van der Waals surface area contributed by atoms with Crippen molar-refractivity contribution in [2.75, 3.05) is 5.32 Å². The van der Waals surface area contributed by atoms with Gasteiger partial charge in [0.25, 0.3) is 0 Å². The number of halogens is 1. The highest BCUT2D eigenvalue weighted by Gasteiger charge is 2.36. The van der Waals surface area contributed by atoms with Gasteiger partial charge in [-0.05, 0) is 61.4 Å². The molecule has 0 unspecified atom stereocenters. The maximum Gasteiger partial charge on any atom is 0.322 e. The van der Waals surface area contributed by atoms with Crippen molar-refractivity contribution in [3.8, 4) is 5.00 Å². The summed E-state index contributed by atoms with van der Waals surface area (Å²) in [5, 5.41) is 4.91. The fraction of sp³-hybridized carbons (Fsp3) is 0.375. The third-order valence-electron chi connectivity index (χ3n) is 6.23. The average Bonchev–Trinajstić information content (AvgIpc) is 3.31. The zero-order chi connectivity index (χ0) is 20.8. The molecular weight excluding hydrogens is 414 g/mol. The summed E-state index contributed by atoms with van der Waals surface area (Å²) in [6.45, 7) is 5.00. The Morgan fingerprint density at radius 2 is 1.93 bits per heavy atom. The first-order chi connectivity index (χ1) is 14.5. The molecule has 1 aliphatic heterocycles. The summed E-state index contributed by atoms with van der Waals surface area (Å²) in [4.78, 5) is 17.1. The van der Waals surface area contributed by atoms with Gasteiger partial charge in [0.15, 0.2) is 0 Å². The number of aromatic nitrogens is 1. The molecule has 2 aromatic heterocycles. The van der Waals surface area contributed by atoms with E-state index in [0.717, 1.165) is 12.8 Å². The number of thiophene rings is 1. The van der Waals surface area contributed by atoms with Gasteiger partial charge >= 0.3 is 6.03 Å². The first-order valence-corrected chi connectivity index (χ1v) is 11.9. The second-order valence-corrected chi connectivity index (χ2v) is 10.0. The van der Waals surface area contributed by atoms with Crippen molar-refractivity contribution in [3.63, 3.8) is 0 Å². The van der Waals surface area contributed by atoms with Gasteiger partial charge in [-0.2, -0.15) is 0 Å². The van der Waals surface area contributed by atoms with E-state index in [1.165, 1.54) is 39.5 Å². The molecule has 0 saturated heterocycles. The monoisotopic (exact) mass is 439 g/mol. The lowest BCUT2D eigenvalue weighted by molar-refractivity contribution is 0.161. The van der Waals surface area contributed by atoms with Gasteiger partial charge in [0.1, 0.15) is 5.00 Å². The minimum Gasteiger partial charge on any atom is -0.311 e. The summed E-state index contributed by atoms with van der Waals surface area (Å²) < 4.78 is 2.33. The van der Waals surface area contributed by atoms with Crippen LogP contribution in [0, 0.1) is 5.92 Å². The molecule has 3 heterocycles. The Labute approximate surface area is 186 Å². The van der Waals surface area contributed by atoms with Crippen molar-refractivity contribution in [2.45, 2.75) is 52.1 Å². The molecule has 0 spiro atoms. The number of fused-ring (bicyclic) bond motifs is 5. The van der Waals surface area contributed by atoms with Crippen molar-refractivity contribution in [2.24, 2.45) is 5.92 Å². The first kappa shape index (κ1) is 19.7. The second-order valence-electron chi connectivity index (χ2n) is 8.52. The van der Waals surface area contributed by atoms with Crippen LogP contribution in [0.2, 0.25) is 5.02 Å². The number of aryl methyl sites for hydroxylation is 1. The summed E-state index contributed by atoms with van der Waals surface area (Å²) in [6.07, 6.45) is 6.92. The smallest absolute Gasteiger partial charge is 0.311 e. The van der Waals surface area contributed by atoms with E-state index >= 15 is 0 Å². The van der Waals surface area contributed by atoms with E-state index in [0.29, 0.717) is 17.3 Å². The largest absolute Gasteiger partial charge is 0.322 e. The molecule has 5 rings (SSSR count). The number of benzene rings is 1. The van der Waals surface area contributed by atoms with Gasteiger partial charge in [0.2, 0.25) is 0 Å². The summed E-state index contributed by atoms with van der Waals surface area (Å²) in [7, 11) is 0. The highest BCUT2D eigenvalue weighted by Crippen LogP contribution is 2.44. The normalized spacial score (nSPS) is 17.9. The summed E-state index contributed by atoms with van der Waals surface area (Å²) in [5.74, 6) is 0.278. The number of nitrogens with zero attached hydrogens (tertiary/aromatic N) is 2. The molecule has 2 amide bonds. The molecule has 156 valence electrons. The molecule has 1 N–H and O–H groups in total. The number of para-hydroxylation sites is 1. The van der Waals surface area contributed by atoms with E-state index in [2.05, 4.69) is 42.1 Å². The number of hydrogen-bond donors (Lipinski definition) is 1. The predicted molar refractivity (Wildman–Crippen MR) is 124 cm³/mol. The molecular formula is C24H26ClN3OS. The highest BCUT2D eigenvalue weighted by atomic mass is 35.5. The van der Waals surface area contributed by atoms with Gasteiger partial charge < -0.3 is 14.8 Å². The summed E-state index contributed by atoms with van der Waals surface area (Å²) >= 11 is 8.24. The predicted octanol–water partition coefficient (Wildman–Crippen LogP) is 6.82. The molecule has 1 aliphatic carbocycles. The van der Waals surface area contributed by atoms with Crippen LogP contribution in [0.5, 0.6) is 0 Å². The van der Waals surface area contributed by atoms with Gasteiger partial charge in [0.05, 0.1) is 23.3 Å². The second kappa shape index (κ2) is 7.78. The van der Waals surface area contributed by atoms with E-state index < -0.39 is 0 Å². The van der Waals surface area contributed by atoms with Crippen LogP contribution in [0.15, 0.2) is 42.6 Å². The number of anilines is 1. The van der Waals surface area contributed by atoms with Gasteiger partial charge in [-0.15, -0.1) is 11.3 Å². The van der Waals surface area contributed by atoms with Crippen LogP contribution < -0.4 is 5.32 Å². The van der Waals surface area contributed by atoms with Crippen LogP contribution in [0.1, 0.15) is 54.4 Å². The fourth-order valence-corrected chi connectivity index (χ4v) is 6.46. The van der Waals surface area contributed by atoms with Gasteiger partial charge in [-0.1, -0.05) is 37.6 Å². The van der Waals surface area contributed by atoms with Crippen molar-refractivity contribution in [3.05, 3.63) is 69.3 Å². The molecule has 0 radical (unpaired) electrons. The lowest BCUT2D eigenvalue weighted by Gasteiger charge is -2.33. The third kappa shape index (κ3) is 3.25. The molecule has 3 aromatic rings. The van der Waals surface area contributed by atoms with Gasteiger partial charge in [-0.3, -0.25) is 0 Å². The first-order valence-electron chi connectivity index (χ1n) is 10.7. The molecule has 0 bridgehead atoms. The Morgan fingerprint density at radius 3 is 2.73 bits per heavy atom. The highest BCUT2D eigenvalue weighted by molar-refractivity contribution is 7.15. The molecule has 1 aromatic carbocycles. The van der Waals surface area contributed by atoms with E-state index in [1.807, 2.05) is 34.4 Å². The van der Waals surface area contributed by atoms with E-state index in [-0.39, 0.29) is 18.0 Å². The van der Waals surface area contributed by atoms with Gasteiger partial charge in [0, 0.05) is 22.3 Å². The number of rotatable bonds is 2. The molecule has 4 nitrogen and oxygen atoms in total. The topological polar surface area (TPSA) is 37.3 Å². The number of carbonyl (C=O) groups is 1. The molecule has 2 aliphatic rings. The lowest BCUT2D eigenvalue weighted by Crippen LogP contribution is -2.39. The van der Waals surface area contributed by atoms with Gasteiger partial charge in [-0.25, -0.2) is 4.79 Å². The zero-order valence-corrected chi connectivity index (χ0v) is 18.9. The van der Waals surface area contributed by atoms with Crippen LogP contribution in [0.3, 0.4) is 0 Å². The maximum absolute atomic E-state index is 13.6. The van der Waals surface area contributed by atoms with E-state index in [4.69, 9.17) is 11.6 Å². The van der Waals surface area contributed by atoms with Crippen molar-refractivity contribution in [1.29, 1.82) is 0 Å². The summed E-state index contributed by atoms with van der Waals surface area (Å²) in [5.41, 5.74) is 4.63. The van der Waals surface area contributed by atoms with Crippen LogP contribution in [0.25, 0.3) is 5.00 Å². The average molecular weight is 440 g/mol. The molecule has 1 atom stereocenters. The fourth-order valence-electron chi connectivity index (χ4n) is 4.87. The number of carbonyl (C=O) groups excluding carboxylic acids is 1. The third-order valence-corrected chi connectivity index (χ3v) is 7.90. The minimum atomic E-state index is -0.0989. The Bertz CT molecular complexity index is 1100. The molecule has 0 fully saturated rings. The van der Waals surface area contributed by atoms with Crippen LogP contribution in [-0.4, -0.2) is 15.5 Å². The van der Waals surface area contributed by atoms with Crippen LogP contribution in [-0.2, 0) is 19.4 Å². The number of hydrogen-bond acceptors (Lipinski definition) is 2. The minimum absolute atomic E-state index is 0.0127. The van der Waals surface area contributed by atoms with Crippen LogP contribution in [0.4, 0.5) is 10.5 Å². The number of amides is 2. The van der Waals surface area contributed by atoms with Crippen molar-refractivity contribution < 1.29 is 4.79 Å². The Balaban J connectivity index is 1.61. The van der Waals surface area contributed by atoms with E-state index in [1.54, 1.807) is 6.07 Å². The van der Waals surface area contributed by atoms with Crippen molar-refractivity contribution >= 4 is 34.7 Å². The lowest BCUT2D eigenvalue weighted by atomic mass is 9.94. The Hall–Kier alpha value is -2.24. The van der Waals surface area contributed by atoms with Crippen LogP contribution >= 0.6 is 22.9 Å². The maximum atomic E-state index is 13.6. The van der Waals surface area contributed by atoms with Crippen molar-refractivity contribution in [1.82, 2.24) is 9.47 Å². The molecule has 30 heavy (non-hydrogen) atoms. The molecule has 6 heteroatoms. The standard InChI is InChI=1S/C24H26ClN3OS/c1-15(2)22-20-11-7-13-27(20)23-17(16-8-3-6-12-21(16)30-23)14-28(22)24(29)26-19-10-5-4-9-18(19)25/h4-5,7,9-11,13,15,22H,3,6,8,12,14H2,1-2H3,(H,26,29)/t22-/m0/s1. The summed E-state index contributed by atoms with van der Waals surface area (Å²) in [6, 6.07) is 11.6. The SMILES string of the molecule is CC(C)[C@H]1c2cccn2-c2sc3c(c2CN1C(=O)Nc1ccccc1Cl)CCCC3. The number of urea groups is 1. The van der Waals surface area contributed by atoms with E-state index in [9.17, 15) is 4.79 Å². The Kier molecular flexibility index (Phi) is 5.11. The number of nitrogens with one attached hydrogen (secondary N) is 1. The quantitative estimate of drug-likeness (QED) is 0.467. The Morgan fingerprint density at radius 1 is 1.13 bits per heavy atom. The molecule has 0 saturated carbocycles.